The summed E-state index contributed by atoms with van der Waals surface area (Å²) in [6.07, 6.45) is 2.03. The molecule has 0 fully saturated rings. The van der Waals surface area contributed by atoms with E-state index in [-0.39, 0.29) is 0 Å². The van der Waals surface area contributed by atoms with Gasteiger partial charge in [-0.25, -0.2) is 4.98 Å². The number of nitrogens with zero attached hydrogens (tertiary/aromatic N) is 4. The van der Waals surface area contributed by atoms with Crippen LogP contribution in [0.4, 0.5) is 0 Å². The summed E-state index contributed by atoms with van der Waals surface area (Å²) in [6, 6.07) is 0. The lowest BCUT2D eigenvalue weighted by Gasteiger charge is -2.09. The summed E-state index contributed by atoms with van der Waals surface area (Å²) in [6.45, 7) is 7.53. The van der Waals surface area contributed by atoms with Gasteiger partial charge in [-0.1, -0.05) is 20.8 Å². The lowest BCUT2D eigenvalue weighted by atomic mass is 10.1. The third-order valence-corrected chi connectivity index (χ3v) is 3.49. The zero-order valence-electron chi connectivity index (χ0n) is 11.6. The Hall–Kier alpha value is -1.03. The van der Waals surface area contributed by atoms with Crippen molar-refractivity contribution in [2.24, 2.45) is 13.0 Å². The Morgan fingerprint density at radius 1 is 1.33 bits per heavy atom. The Labute approximate surface area is 113 Å². The number of alkyl halides is 1. The number of aromatic nitrogens is 4. The van der Waals surface area contributed by atoms with Crippen LogP contribution in [0.25, 0.3) is 11.2 Å². The zero-order chi connectivity index (χ0) is 13.3. The molecule has 0 radical (unpaired) electrons. The van der Waals surface area contributed by atoms with Crippen molar-refractivity contribution in [3.05, 3.63) is 11.5 Å². The smallest absolute Gasteiger partial charge is 0.158 e. The van der Waals surface area contributed by atoms with Crippen molar-refractivity contribution < 1.29 is 0 Å². The molecule has 0 unspecified atom stereocenters. The first-order chi connectivity index (χ1) is 8.58. The molecular weight excluding hydrogens is 248 g/mol. The van der Waals surface area contributed by atoms with Gasteiger partial charge in [0.15, 0.2) is 5.65 Å². The summed E-state index contributed by atoms with van der Waals surface area (Å²) in [4.78, 5) is 4.65. The highest BCUT2D eigenvalue weighted by atomic mass is 35.5. The van der Waals surface area contributed by atoms with Crippen molar-refractivity contribution in [2.45, 2.75) is 46.0 Å². The van der Waals surface area contributed by atoms with Crippen molar-refractivity contribution in [1.82, 2.24) is 19.3 Å². The van der Waals surface area contributed by atoms with E-state index in [0.717, 1.165) is 42.1 Å². The number of aryl methyl sites for hydroxylation is 3. The Balaban J connectivity index is 2.50. The van der Waals surface area contributed by atoms with Crippen LogP contribution in [0.3, 0.4) is 0 Å². The quantitative estimate of drug-likeness (QED) is 0.781. The summed E-state index contributed by atoms with van der Waals surface area (Å²) in [7, 11) is 1.98. The molecule has 2 aromatic heterocycles. The number of hydrogen-bond acceptors (Lipinski definition) is 2. The molecule has 100 valence electrons. The molecule has 2 aromatic rings. The predicted octanol–water partition coefficient (Wildman–Crippen LogP) is 3.12. The number of imidazole rings is 1. The van der Waals surface area contributed by atoms with Crippen LogP contribution in [0.15, 0.2) is 0 Å². The summed E-state index contributed by atoms with van der Waals surface area (Å²) < 4.78 is 4.14. The highest BCUT2D eigenvalue weighted by Crippen LogP contribution is 2.22. The molecule has 2 heterocycles. The van der Waals surface area contributed by atoms with Crippen LogP contribution in [-0.2, 0) is 25.9 Å². The second-order valence-corrected chi connectivity index (χ2v) is 5.36. The van der Waals surface area contributed by atoms with Crippen LogP contribution < -0.4 is 0 Å². The van der Waals surface area contributed by atoms with Gasteiger partial charge < -0.3 is 4.57 Å². The molecule has 4 nitrogen and oxygen atoms in total. The van der Waals surface area contributed by atoms with Crippen molar-refractivity contribution in [1.29, 1.82) is 0 Å². The maximum atomic E-state index is 6.01. The summed E-state index contributed by atoms with van der Waals surface area (Å²) in [5, 5.41) is 4.52. The van der Waals surface area contributed by atoms with Gasteiger partial charge in [-0.05, 0) is 18.8 Å². The number of fused-ring (bicyclic) bond motifs is 1. The average Bonchev–Trinajstić information content (AvgIpc) is 2.84. The van der Waals surface area contributed by atoms with E-state index >= 15 is 0 Å². The molecular formula is C13H21ClN4. The molecule has 0 aromatic carbocycles. The van der Waals surface area contributed by atoms with Gasteiger partial charge in [0.2, 0.25) is 0 Å². The monoisotopic (exact) mass is 268 g/mol. The molecule has 2 rings (SSSR count). The maximum absolute atomic E-state index is 6.01. The van der Waals surface area contributed by atoms with Crippen LogP contribution in [0.5, 0.6) is 0 Å². The molecule has 0 atom stereocenters. The first kappa shape index (κ1) is 13.4. The van der Waals surface area contributed by atoms with Gasteiger partial charge in [-0.15, -0.1) is 11.6 Å². The van der Waals surface area contributed by atoms with Gasteiger partial charge in [0.1, 0.15) is 11.3 Å². The first-order valence-electron chi connectivity index (χ1n) is 6.55. The molecule has 0 aliphatic heterocycles. The van der Waals surface area contributed by atoms with E-state index in [4.69, 9.17) is 11.6 Å². The van der Waals surface area contributed by atoms with E-state index in [1.54, 1.807) is 0 Å². The number of hydrogen-bond donors (Lipinski definition) is 0. The molecule has 0 amide bonds. The van der Waals surface area contributed by atoms with Crippen LogP contribution in [0.2, 0.25) is 0 Å². The topological polar surface area (TPSA) is 35.6 Å². The molecule has 0 N–H and O–H groups in total. The molecule has 0 aliphatic carbocycles. The standard InChI is InChI=1S/C13H21ClN4/c1-5-10-12-13(17(4)16-10)18(7-6-9(2)3)11(8-14)15-12/h9H,5-8H2,1-4H3. The molecule has 5 heteroatoms. The molecule has 18 heavy (non-hydrogen) atoms. The van der Waals surface area contributed by atoms with Gasteiger partial charge in [-0.3, -0.25) is 4.68 Å². The normalized spacial score (nSPS) is 11.9. The van der Waals surface area contributed by atoms with E-state index < -0.39 is 0 Å². The van der Waals surface area contributed by atoms with Gasteiger partial charge >= 0.3 is 0 Å². The zero-order valence-corrected chi connectivity index (χ0v) is 12.3. The third-order valence-electron chi connectivity index (χ3n) is 3.25. The maximum Gasteiger partial charge on any atom is 0.158 e. The first-order valence-corrected chi connectivity index (χ1v) is 7.08. The fourth-order valence-electron chi connectivity index (χ4n) is 2.25. The van der Waals surface area contributed by atoms with Gasteiger partial charge in [0.05, 0.1) is 11.6 Å². The number of halogens is 1. The van der Waals surface area contributed by atoms with E-state index in [2.05, 4.69) is 35.4 Å². The van der Waals surface area contributed by atoms with Gasteiger partial charge in [-0.2, -0.15) is 5.10 Å². The Morgan fingerprint density at radius 3 is 2.61 bits per heavy atom. The van der Waals surface area contributed by atoms with Crippen molar-refractivity contribution in [2.75, 3.05) is 0 Å². The molecule has 0 bridgehead atoms. The lowest BCUT2D eigenvalue weighted by molar-refractivity contribution is 0.510. The lowest BCUT2D eigenvalue weighted by Crippen LogP contribution is -2.08. The second kappa shape index (κ2) is 5.31. The van der Waals surface area contributed by atoms with E-state index in [0.29, 0.717) is 11.8 Å². The van der Waals surface area contributed by atoms with Gasteiger partial charge in [0, 0.05) is 13.6 Å². The van der Waals surface area contributed by atoms with Crippen molar-refractivity contribution in [3.8, 4) is 0 Å². The van der Waals surface area contributed by atoms with Crippen LogP contribution in [0, 0.1) is 5.92 Å². The van der Waals surface area contributed by atoms with Crippen LogP contribution in [0.1, 0.15) is 38.7 Å². The molecule has 0 saturated carbocycles. The largest absolute Gasteiger partial charge is 0.312 e. The highest BCUT2D eigenvalue weighted by molar-refractivity contribution is 6.16. The average molecular weight is 269 g/mol. The van der Waals surface area contributed by atoms with Crippen LogP contribution >= 0.6 is 11.6 Å². The Bertz CT molecular complexity index is 539. The summed E-state index contributed by atoms with van der Waals surface area (Å²) >= 11 is 6.01. The van der Waals surface area contributed by atoms with E-state index in [9.17, 15) is 0 Å². The fourth-order valence-corrected chi connectivity index (χ4v) is 2.45. The Morgan fingerprint density at radius 2 is 2.06 bits per heavy atom. The summed E-state index contributed by atoms with van der Waals surface area (Å²) in [5.41, 5.74) is 3.17. The minimum absolute atomic E-state index is 0.454. The molecule has 0 saturated heterocycles. The second-order valence-electron chi connectivity index (χ2n) is 5.09. The highest BCUT2D eigenvalue weighted by Gasteiger charge is 2.17. The van der Waals surface area contributed by atoms with E-state index in [1.165, 1.54) is 0 Å². The van der Waals surface area contributed by atoms with Crippen molar-refractivity contribution in [3.63, 3.8) is 0 Å². The minimum atomic E-state index is 0.454. The van der Waals surface area contributed by atoms with E-state index in [1.807, 2.05) is 11.7 Å². The molecule has 0 aliphatic rings. The van der Waals surface area contributed by atoms with Gasteiger partial charge in [0.25, 0.3) is 0 Å². The predicted molar refractivity (Wildman–Crippen MR) is 74.9 cm³/mol. The fraction of sp³-hybridized carbons (Fsp3) is 0.692. The summed E-state index contributed by atoms with van der Waals surface area (Å²) in [5.74, 6) is 2.08. The number of rotatable bonds is 5. The third kappa shape index (κ3) is 2.26. The van der Waals surface area contributed by atoms with Crippen molar-refractivity contribution >= 4 is 22.8 Å². The van der Waals surface area contributed by atoms with Crippen LogP contribution in [-0.4, -0.2) is 19.3 Å². The molecule has 0 spiro atoms. The SMILES string of the molecule is CCc1nn(C)c2c1nc(CCl)n2CCC(C)C. The minimum Gasteiger partial charge on any atom is -0.312 e. The Kier molecular flexibility index (Phi) is 3.95.